The summed E-state index contributed by atoms with van der Waals surface area (Å²) in [6.45, 7) is 3.42. The molecule has 21 heavy (non-hydrogen) atoms. The van der Waals surface area contributed by atoms with Crippen molar-refractivity contribution in [2.45, 2.75) is 19.4 Å². The first-order valence-corrected chi connectivity index (χ1v) is 7.93. The van der Waals surface area contributed by atoms with Gasteiger partial charge in [-0.3, -0.25) is 0 Å². The number of hydrogen-bond acceptors (Lipinski definition) is 3. The molecule has 1 N–H and O–H groups in total. The second kappa shape index (κ2) is 6.08. The smallest absolute Gasteiger partial charge is 0.142 e. The van der Waals surface area contributed by atoms with Gasteiger partial charge in [0, 0.05) is 16.7 Å². The highest BCUT2D eigenvalue weighted by Gasteiger charge is 2.18. The van der Waals surface area contributed by atoms with Crippen molar-refractivity contribution in [3.63, 3.8) is 0 Å². The molecule has 0 spiro atoms. The van der Waals surface area contributed by atoms with Gasteiger partial charge in [0.25, 0.3) is 0 Å². The van der Waals surface area contributed by atoms with E-state index in [-0.39, 0.29) is 0 Å². The molecule has 1 atom stereocenters. The maximum Gasteiger partial charge on any atom is 0.142 e. The maximum atomic E-state index is 9.74. The van der Waals surface area contributed by atoms with E-state index in [0.717, 1.165) is 46.7 Å². The number of benzene rings is 2. The summed E-state index contributed by atoms with van der Waals surface area (Å²) < 4.78 is 6.73. The molecule has 0 radical (unpaired) electrons. The van der Waals surface area contributed by atoms with Crippen LogP contribution in [0.25, 0.3) is 0 Å². The molecule has 4 heteroatoms. The van der Waals surface area contributed by atoms with Crippen molar-refractivity contribution in [1.29, 1.82) is 0 Å². The Morgan fingerprint density at radius 1 is 1.24 bits per heavy atom. The minimum Gasteiger partial charge on any atom is -0.491 e. The van der Waals surface area contributed by atoms with Gasteiger partial charge in [0.2, 0.25) is 0 Å². The number of aliphatic hydroxyl groups excluding tert-OH is 1. The largest absolute Gasteiger partial charge is 0.491 e. The van der Waals surface area contributed by atoms with Crippen molar-refractivity contribution < 1.29 is 9.84 Å². The van der Waals surface area contributed by atoms with Crippen LogP contribution in [-0.2, 0) is 0 Å². The molecule has 0 bridgehead atoms. The van der Waals surface area contributed by atoms with Gasteiger partial charge in [-0.1, -0.05) is 34.1 Å². The molecular weight excluding hydrogens is 330 g/mol. The summed E-state index contributed by atoms with van der Waals surface area (Å²) in [5.41, 5.74) is 3.09. The van der Waals surface area contributed by atoms with Gasteiger partial charge in [-0.25, -0.2) is 0 Å². The van der Waals surface area contributed by atoms with E-state index < -0.39 is 6.10 Å². The van der Waals surface area contributed by atoms with E-state index in [1.165, 1.54) is 0 Å². The number of aliphatic hydroxyl groups is 1. The van der Waals surface area contributed by atoms with Crippen LogP contribution < -0.4 is 9.64 Å². The summed E-state index contributed by atoms with van der Waals surface area (Å²) in [4.78, 5) is 2.26. The number of hydrogen-bond donors (Lipinski definition) is 1. The lowest BCUT2D eigenvalue weighted by Crippen LogP contribution is -2.17. The zero-order valence-electron chi connectivity index (χ0n) is 11.9. The zero-order valence-corrected chi connectivity index (χ0v) is 13.5. The van der Waals surface area contributed by atoms with Crippen LogP contribution >= 0.6 is 15.9 Å². The average Bonchev–Trinajstić information content (AvgIpc) is 2.69. The van der Waals surface area contributed by atoms with Crippen molar-refractivity contribution in [1.82, 2.24) is 0 Å². The number of ether oxygens (including phenoxy) is 1. The van der Waals surface area contributed by atoms with Crippen LogP contribution in [0.1, 0.15) is 25.0 Å². The van der Waals surface area contributed by atoms with Crippen LogP contribution in [0.3, 0.4) is 0 Å². The standard InChI is InChI=1S/C17H18BrNO2/c1-12(20)14-8-7-13(11-15(14)18)19-9-4-10-21-17-6-3-2-5-16(17)19/h2-3,5-8,11-12,20H,4,9-10H2,1H3/t12-/m0/s1. The molecule has 2 aromatic rings. The lowest BCUT2D eigenvalue weighted by Gasteiger charge is -2.24. The number of fused-ring (bicyclic) bond motifs is 1. The fourth-order valence-corrected chi connectivity index (χ4v) is 3.32. The Balaban J connectivity index is 2.02. The number of halogens is 1. The van der Waals surface area contributed by atoms with Gasteiger partial charge in [-0.2, -0.15) is 0 Å². The SMILES string of the molecule is C[C@H](O)c1ccc(N2CCCOc3ccccc32)cc1Br. The van der Waals surface area contributed by atoms with Gasteiger partial charge in [0.15, 0.2) is 0 Å². The summed E-state index contributed by atoms with van der Waals surface area (Å²) in [7, 11) is 0. The van der Waals surface area contributed by atoms with E-state index in [9.17, 15) is 5.11 Å². The van der Waals surface area contributed by atoms with E-state index in [4.69, 9.17) is 4.74 Å². The molecule has 0 aromatic heterocycles. The van der Waals surface area contributed by atoms with Gasteiger partial charge >= 0.3 is 0 Å². The molecule has 3 rings (SSSR count). The molecule has 0 saturated heterocycles. The van der Waals surface area contributed by atoms with E-state index >= 15 is 0 Å². The Labute approximate surface area is 133 Å². The normalized spacial score (nSPS) is 15.9. The monoisotopic (exact) mass is 347 g/mol. The van der Waals surface area contributed by atoms with Crippen LogP contribution in [0.15, 0.2) is 46.9 Å². The summed E-state index contributed by atoms with van der Waals surface area (Å²) >= 11 is 3.56. The second-order valence-corrected chi connectivity index (χ2v) is 6.06. The number of nitrogens with zero attached hydrogens (tertiary/aromatic N) is 1. The number of rotatable bonds is 2. The third-order valence-corrected chi connectivity index (χ3v) is 4.37. The Morgan fingerprint density at radius 2 is 2.05 bits per heavy atom. The first-order chi connectivity index (χ1) is 10.2. The number of para-hydroxylation sites is 2. The fraction of sp³-hybridized carbons (Fsp3) is 0.294. The summed E-state index contributed by atoms with van der Waals surface area (Å²) in [6.07, 6.45) is 0.498. The van der Waals surface area contributed by atoms with E-state index in [1.807, 2.05) is 24.3 Å². The van der Waals surface area contributed by atoms with Crippen LogP contribution in [0.2, 0.25) is 0 Å². The maximum absolute atomic E-state index is 9.74. The molecule has 2 aromatic carbocycles. The Hall–Kier alpha value is -1.52. The van der Waals surface area contributed by atoms with Gasteiger partial charge in [0.05, 0.1) is 18.4 Å². The predicted molar refractivity (Wildman–Crippen MR) is 88.3 cm³/mol. The molecular formula is C17H18BrNO2. The molecule has 0 fully saturated rings. The molecule has 0 aliphatic carbocycles. The van der Waals surface area contributed by atoms with E-state index in [0.29, 0.717) is 0 Å². The van der Waals surface area contributed by atoms with Crippen molar-refractivity contribution in [3.8, 4) is 5.75 Å². The molecule has 110 valence electrons. The lowest BCUT2D eigenvalue weighted by molar-refractivity contribution is 0.198. The molecule has 3 nitrogen and oxygen atoms in total. The molecule has 1 aliphatic heterocycles. The molecule has 1 aliphatic rings. The van der Waals surface area contributed by atoms with Crippen LogP contribution in [-0.4, -0.2) is 18.3 Å². The summed E-state index contributed by atoms with van der Waals surface area (Å²) in [5.74, 6) is 0.922. The average molecular weight is 348 g/mol. The number of anilines is 2. The van der Waals surface area contributed by atoms with Gasteiger partial charge in [-0.15, -0.1) is 0 Å². The zero-order chi connectivity index (χ0) is 14.8. The first-order valence-electron chi connectivity index (χ1n) is 7.13. The van der Waals surface area contributed by atoms with E-state index in [1.54, 1.807) is 6.92 Å². The highest BCUT2D eigenvalue weighted by atomic mass is 79.9. The van der Waals surface area contributed by atoms with Crippen LogP contribution in [0, 0.1) is 0 Å². The van der Waals surface area contributed by atoms with Gasteiger partial charge in [-0.05, 0) is 43.2 Å². The minimum absolute atomic E-state index is 0.479. The fourth-order valence-electron chi connectivity index (χ4n) is 2.62. The van der Waals surface area contributed by atoms with Crippen molar-refractivity contribution in [2.75, 3.05) is 18.1 Å². The molecule has 0 saturated carbocycles. The summed E-state index contributed by atoms with van der Waals surface area (Å²) in [5, 5.41) is 9.74. The predicted octanol–water partition coefficient (Wildman–Crippen LogP) is 4.42. The molecule has 1 heterocycles. The second-order valence-electron chi connectivity index (χ2n) is 5.20. The third kappa shape index (κ3) is 2.92. The van der Waals surface area contributed by atoms with E-state index in [2.05, 4.69) is 39.0 Å². The minimum atomic E-state index is -0.479. The van der Waals surface area contributed by atoms with Crippen molar-refractivity contribution >= 4 is 27.3 Å². The molecule has 0 unspecified atom stereocenters. The highest BCUT2D eigenvalue weighted by Crippen LogP contribution is 2.37. The third-order valence-electron chi connectivity index (χ3n) is 3.69. The first kappa shape index (κ1) is 14.4. The molecule has 0 amide bonds. The van der Waals surface area contributed by atoms with Gasteiger partial charge in [0.1, 0.15) is 5.75 Å². The van der Waals surface area contributed by atoms with Crippen LogP contribution in [0.5, 0.6) is 5.75 Å². The summed E-state index contributed by atoms with van der Waals surface area (Å²) in [6, 6.07) is 14.2. The van der Waals surface area contributed by atoms with Gasteiger partial charge < -0.3 is 14.7 Å². The quantitative estimate of drug-likeness (QED) is 0.872. The highest BCUT2D eigenvalue weighted by molar-refractivity contribution is 9.10. The lowest BCUT2D eigenvalue weighted by atomic mass is 10.1. The Bertz CT molecular complexity index is 642. The van der Waals surface area contributed by atoms with Crippen molar-refractivity contribution in [2.24, 2.45) is 0 Å². The Kier molecular flexibility index (Phi) is 4.17. The Morgan fingerprint density at radius 3 is 2.81 bits per heavy atom. The topological polar surface area (TPSA) is 32.7 Å². The van der Waals surface area contributed by atoms with Crippen LogP contribution in [0.4, 0.5) is 11.4 Å². The van der Waals surface area contributed by atoms with Crippen molar-refractivity contribution in [3.05, 3.63) is 52.5 Å².